The van der Waals surface area contributed by atoms with Crippen molar-refractivity contribution in [3.8, 4) is 6.07 Å². The number of hydrogen-bond acceptors (Lipinski definition) is 2. The minimum Gasteiger partial charge on any atom is -0.294 e. The van der Waals surface area contributed by atoms with E-state index in [1.807, 2.05) is 36.4 Å². The number of nitriles is 1. The zero-order chi connectivity index (χ0) is 17.1. The van der Waals surface area contributed by atoms with Crippen molar-refractivity contribution in [2.45, 2.75) is 43.2 Å². The van der Waals surface area contributed by atoms with Crippen LogP contribution in [0.1, 0.15) is 36.8 Å². The van der Waals surface area contributed by atoms with Gasteiger partial charge < -0.3 is 0 Å². The first-order chi connectivity index (χ1) is 12.3. The lowest BCUT2D eigenvalue weighted by Gasteiger charge is -2.25. The molecule has 0 radical (unpaired) electrons. The number of fused-ring (bicyclic) bond motifs is 2. The lowest BCUT2D eigenvalue weighted by Crippen LogP contribution is -2.29. The molecule has 0 amide bonds. The molecule has 0 aliphatic carbocycles. The minimum atomic E-state index is -0.721. The van der Waals surface area contributed by atoms with Gasteiger partial charge in [0.25, 0.3) is 0 Å². The van der Waals surface area contributed by atoms with E-state index in [1.165, 1.54) is 25.7 Å². The van der Waals surface area contributed by atoms with E-state index in [0.717, 1.165) is 29.8 Å². The van der Waals surface area contributed by atoms with Crippen LogP contribution in [-0.4, -0.2) is 23.5 Å². The molecule has 0 atom stereocenters. The monoisotopic (exact) mass is 328 g/mol. The van der Waals surface area contributed by atoms with Gasteiger partial charge >= 0.3 is 0 Å². The van der Waals surface area contributed by atoms with Crippen molar-refractivity contribution in [1.82, 2.24) is 4.90 Å². The molecule has 2 bridgehead atoms. The Hall–Kier alpha value is -2.37. The van der Waals surface area contributed by atoms with Gasteiger partial charge in [0.1, 0.15) is 5.41 Å². The van der Waals surface area contributed by atoms with Gasteiger partial charge in [0.2, 0.25) is 0 Å². The molecule has 2 heteroatoms. The number of nitrogens with zero attached hydrogens (tertiary/aromatic N) is 2. The minimum absolute atomic E-state index is 0.721. The molecule has 0 N–H and O–H groups in total. The van der Waals surface area contributed by atoms with Crippen LogP contribution in [0.25, 0.3) is 0 Å². The zero-order valence-electron chi connectivity index (χ0n) is 14.5. The largest absolute Gasteiger partial charge is 0.294 e. The van der Waals surface area contributed by atoms with Crippen LogP contribution in [0.3, 0.4) is 0 Å². The van der Waals surface area contributed by atoms with Crippen LogP contribution in [0.2, 0.25) is 0 Å². The van der Waals surface area contributed by atoms with Crippen molar-refractivity contribution < 1.29 is 0 Å². The van der Waals surface area contributed by atoms with E-state index in [9.17, 15) is 5.26 Å². The van der Waals surface area contributed by atoms with E-state index in [4.69, 9.17) is 0 Å². The van der Waals surface area contributed by atoms with Crippen LogP contribution in [0.4, 0.5) is 0 Å². The third-order valence-electron chi connectivity index (χ3n) is 5.92. The van der Waals surface area contributed by atoms with Crippen molar-refractivity contribution >= 4 is 0 Å². The van der Waals surface area contributed by atoms with Crippen molar-refractivity contribution in [2.24, 2.45) is 0 Å². The molecule has 0 spiro atoms. The second-order valence-corrected chi connectivity index (χ2v) is 7.21. The van der Waals surface area contributed by atoms with Gasteiger partial charge in [-0.25, -0.2) is 0 Å². The number of benzene rings is 2. The van der Waals surface area contributed by atoms with E-state index in [-0.39, 0.29) is 0 Å². The SMILES string of the molecule is N#CC(C=CCN1[C@H]2CC[C@H]1CC2)(c1ccccc1)c1ccccc1. The highest BCUT2D eigenvalue weighted by Crippen LogP contribution is 2.38. The van der Waals surface area contributed by atoms with Gasteiger partial charge in [0, 0.05) is 18.6 Å². The Balaban J connectivity index is 1.66. The fourth-order valence-electron chi connectivity index (χ4n) is 4.60. The molecule has 2 saturated heterocycles. The zero-order valence-corrected chi connectivity index (χ0v) is 14.5. The Morgan fingerprint density at radius 1 is 0.880 bits per heavy atom. The van der Waals surface area contributed by atoms with Crippen molar-refractivity contribution in [1.29, 1.82) is 5.26 Å². The summed E-state index contributed by atoms with van der Waals surface area (Å²) in [6.45, 7) is 0.957. The Bertz CT molecular complexity index is 713. The highest BCUT2D eigenvalue weighted by molar-refractivity contribution is 5.51. The second kappa shape index (κ2) is 6.86. The van der Waals surface area contributed by atoms with E-state index >= 15 is 0 Å². The Labute approximate surface area is 150 Å². The number of hydrogen-bond donors (Lipinski definition) is 0. The molecule has 2 nitrogen and oxygen atoms in total. The summed E-state index contributed by atoms with van der Waals surface area (Å²) in [5.41, 5.74) is 1.34. The van der Waals surface area contributed by atoms with Gasteiger partial charge in [-0.15, -0.1) is 0 Å². The van der Waals surface area contributed by atoms with Gasteiger partial charge in [-0.05, 0) is 36.8 Å². The average Bonchev–Trinajstić information content (AvgIpc) is 3.26. The van der Waals surface area contributed by atoms with E-state index < -0.39 is 5.41 Å². The first kappa shape index (κ1) is 16.1. The maximum absolute atomic E-state index is 10.2. The molecule has 4 rings (SSSR count). The predicted molar refractivity (Wildman–Crippen MR) is 101 cm³/mol. The van der Waals surface area contributed by atoms with E-state index in [1.54, 1.807) is 0 Å². The quantitative estimate of drug-likeness (QED) is 0.745. The molecule has 2 heterocycles. The summed E-state index contributed by atoms with van der Waals surface area (Å²) in [7, 11) is 0. The Morgan fingerprint density at radius 2 is 1.36 bits per heavy atom. The van der Waals surface area contributed by atoms with Crippen LogP contribution in [-0.2, 0) is 5.41 Å². The van der Waals surface area contributed by atoms with Crippen LogP contribution >= 0.6 is 0 Å². The lowest BCUT2D eigenvalue weighted by molar-refractivity contribution is 0.281. The van der Waals surface area contributed by atoms with Crippen molar-refractivity contribution in [2.75, 3.05) is 6.54 Å². The summed E-state index contributed by atoms with van der Waals surface area (Å²) in [4.78, 5) is 2.63. The first-order valence-electron chi connectivity index (χ1n) is 9.29. The maximum atomic E-state index is 10.2. The molecule has 0 saturated carbocycles. The standard InChI is InChI=1S/C23H24N2/c24-18-23(19-8-3-1-4-9-19,20-10-5-2-6-11-20)16-7-17-25-21-12-13-22(25)15-14-21/h1-11,16,21-22H,12-15,17H2/t21-,22-. The van der Waals surface area contributed by atoms with Crippen LogP contribution in [0.5, 0.6) is 0 Å². The third kappa shape index (κ3) is 2.90. The van der Waals surface area contributed by atoms with Gasteiger partial charge in [-0.2, -0.15) is 5.26 Å². The summed E-state index contributed by atoms with van der Waals surface area (Å²) < 4.78 is 0. The summed E-state index contributed by atoms with van der Waals surface area (Å²) >= 11 is 0. The molecule has 2 fully saturated rings. The summed E-state index contributed by atoms with van der Waals surface area (Å²) in [6, 6.07) is 24.4. The van der Waals surface area contributed by atoms with Gasteiger partial charge in [0.15, 0.2) is 0 Å². The molecule has 2 aliphatic heterocycles. The molecule has 126 valence electrons. The van der Waals surface area contributed by atoms with Crippen LogP contribution < -0.4 is 0 Å². The molecular weight excluding hydrogens is 304 g/mol. The Morgan fingerprint density at radius 3 is 1.80 bits per heavy atom. The fraction of sp³-hybridized carbons (Fsp3) is 0.348. The molecule has 2 aromatic rings. The van der Waals surface area contributed by atoms with Crippen molar-refractivity contribution in [3.05, 3.63) is 83.9 Å². The highest BCUT2D eigenvalue weighted by atomic mass is 15.2. The highest BCUT2D eigenvalue weighted by Gasteiger charge is 2.38. The fourth-order valence-corrected chi connectivity index (χ4v) is 4.60. The van der Waals surface area contributed by atoms with E-state index in [2.05, 4.69) is 47.4 Å². The van der Waals surface area contributed by atoms with Crippen LogP contribution in [0, 0.1) is 11.3 Å². The normalized spacial score (nSPS) is 23.2. The molecule has 25 heavy (non-hydrogen) atoms. The lowest BCUT2D eigenvalue weighted by atomic mass is 9.75. The van der Waals surface area contributed by atoms with Gasteiger partial charge in [-0.1, -0.05) is 72.8 Å². The smallest absolute Gasteiger partial charge is 0.125 e. The number of allylic oxidation sites excluding steroid dienone is 1. The van der Waals surface area contributed by atoms with Crippen molar-refractivity contribution in [3.63, 3.8) is 0 Å². The second-order valence-electron chi connectivity index (χ2n) is 7.21. The third-order valence-corrected chi connectivity index (χ3v) is 5.92. The number of rotatable bonds is 5. The van der Waals surface area contributed by atoms with Gasteiger partial charge in [0.05, 0.1) is 6.07 Å². The van der Waals surface area contributed by atoms with Gasteiger partial charge in [-0.3, -0.25) is 4.90 Å². The maximum Gasteiger partial charge on any atom is 0.125 e. The average molecular weight is 328 g/mol. The van der Waals surface area contributed by atoms with Crippen LogP contribution in [0.15, 0.2) is 72.8 Å². The van der Waals surface area contributed by atoms with E-state index in [0.29, 0.717) is 0 Å². The summed E-state index contributed by atoms with van der Waals surface area (Å²) in [5.74, 6) is 0. The summed E-state index contributed by atoms with van der Waals surface area (Å²) in [5, 5.41) is 10.2. The topological polar surface area (TPSA) is 27.0 Å². The summed E-state index contributed by atoms with van der Waals surface area (Å²) in [6.07, 6.45) is 9.73. The Kier molecular flexibility index (Phi) is 4.42. The molecule has 2 aliphatic rings. The molecular formula is C23H24N2. The molecule has 2 aromatic carbocycles. The predicted octanol–water partition coefficient (Wildman–Crippen LogP) is 4.68. The molecule has 0 unspecified atom stereocenters. The first-order valence-corrected chi connectivity index (χ1v) is 9.29. The molecule has 0 aromatic heterocycles.